The van der Waals surface area contributed by atoms with Gasteiger partial charge in [-0.15, -0.1) is 0 Å². The van der Waals surface area contributed by atoms with Gasteiger partial charge in [-0.05, 0) is 35.4 Å². The molecule has 5 rings (SSSR count). The lowest BCUT2D eigenvalue weighted by molar-refractivity contribution is 0.0952. The van der Waals surface area contributed by atoms with Crippen molar-refractivity contribution in [3.05, 3.63) is 95.7 Å². The highest BCUT2D eigenvalue weighted by molar-refractivity contribution is 5.95. The predicted molar refractivity (Wildman–Crippen MR) is 111 cm³/mol. The molecule has 2 N–H and O–H groups in total. The summed E-state index contributed by atoms with van der Waals surface area (Å²) in [4.78, 5) is 16.1. The Bertz CT molecular complexity index is 1170. The lowest BCUT2D eigenvalue weighted by Crippen LogP contribution is -2.28. The molecule has 0 radical (unpaired) electrons. The third-order valence-electron chi connectivity index (χ3n) is 5.30. The zero-order valence-corrected chi connectivity index (χ0v) is 15.7. The predicted octanol–water partition coefficient (Wildman–Crippen LogP) is 4.46. The summed E-state index contributed by atoms with van der Waals surface area (Å²) in [6, 6.07) is 23.7. The van der Waals surface area contributed by atoms with Gasteiger partial charge in [0.25, 0.3) is 5.91 Å². The van der Waals surface area contributed by atoms with Crippen molar-refractivity contribution in [3.8, 4) is 11.5 Å². The van der Waals surface area contributed by atoms with E-state index in [4.69, 9.17) is 9.47 Å². The van der Waals surface area contributed by atoms with Crippen molar-refractivity contribution >= 4 is 16.8 Å². The SMILES string of the molecule is O=C(NCC(c1ccccc1)c1c[nH]c2ccccc12)c1ccc2c(c1)OCO2. The highest BCUT2D eigenvalue weighted by Gasteiger charge is 2.20. The number of nitrogens with one attached hydrogen (secondary N) is 2. The summed E-state index contributed by atoms with van der Waals surface area (Å²) >= 11 is 0. The van der Waals surface area contributed by atoms with E-state index in [0.29, 0.717) is 23.6 Å². The van der Waals surface area contributed by atoms with Gasteiger partial charge in [-0.3, -0.25) is 4.79 Å². The summed E-state index contributed by atoms with van der Waals surface area (Å²) in [5, 5.41) is 4.26. The van der Waals surface area contributed by atoms with E-state index in [1.54, 1.807) is 18.2 Å². The number of fused-ring (bicyclic) bond motifs is 2. The first-order chi connectivity index (χ1) is 14.3. The van der Waals surface area contributed by atoms with Gasteiger partial charge in [0, 0.05) is 35.1 Å². The molecular weight excluding hydrogens is 364 g/mol. The molecule has 5 nitrogen and oxygen atoms in total. The number of benzene rings is 3. The van der Waals surface area contributed by atoms with Crippen LogP contribution < -0.4 is 14.8 Å². The first kappa shape index (κ1) is 17.4. The number of rotatable bonds is 5. The van der Waals surface area contributed by atoms with E-state index in [1.165, 1.54) is 5.39 Å². The summed E-state index contributed by atoms with van der Waals surface area (Å²) in [5.74, 6) is 1.17. The molecule has 5 heteroatoms. The van der Waals surface area contributed by atoms with Crippen LogP contribution in [0.3, 0.4) is 0 Å². The molecule has 144 valence electrons. The minimum atomic E-state index is -0.135. The van der Waals surface area contributed by atoms with Crippen LogP contribution in [0.2, 0.25) is 0 Å². The van der Waals surface area contributed by atoms with Crippen LogP contribution in [0.5, 0.6) is 11.5 Å². The molecule has 4 aromatic rings. The number of carbonyl (C=O) groups excluding carboxylic acids is 1. The van der Waals surface area contributed by atoms with Crippen molar-refractivity contribution in [1.29, 1.82) is 0 Å². The highest BCUT2D eigenvalue weighted by atomic mass is 16.7. The fourth-order valence-electron chi connectivity index (χ4n) is 3.81. The number of hydrogen-bond donors (Lipinski definition) is 2. The quantitative estimate of drug-likeness (QED) is 0.534. The maximum absolute atomic E-state index is 12.8. The van der Waals surface area contributed by atoms with Crippen molar-refractivity contribution < 1.29 is 14.3 Å². The zero-order valence-electron chi connectivity index (χ0n) is 15.7. The summed E-state index contributed by atoms with van der Waals surface area (Å²) in [7, 11) is 0. The standard InChI is InChI=1S/C24H20N2O3/c27-24(17-10-11-22-23(12-17)29-15-28-22)26-13-19(16-6-2-1-3-7-16)20-14-25-21-9-5-4-8-18(20)21/h1-12,14,19,25H,13,15H2,(H,26,27). The molecule has 1 aliphatic heterocycles. The maximum atomic E-state index is 12.8. The molecule has 0 aliphatic carbocycles. The Balaban J connectivity index is 1.42. The third kappa shape index (κ3) is 3.31. The second-order valence-electron chi connectivity index (χ2n) is 7.03. The molecule has 0 saturated carbocycles. The average molecular weight is 384 g/mol. The first-order valence-corrected chi connectivity index (χ1v) is 9.58. The van der Waals surface area contributed by atoms with Gasteiger partial charge in [0.1, 0.15) is 0 Å². The largest absolute Gasteiger partial charge is 0.454 e. The van der Waals surface area contributed by atoms with Gasteiger partial charge >= 0.3 is 0 Å². The van der Waals surface area contributed by atoms with Gasteiger partial charge in [-0.25, -0.2) is 0 Å². The van der Waals surface area contributed by atoms with E-state index < -0.39 is 0 Å². The van der Waals surface area contributed by atoms with Crippen molar-refractivity contribution in [2.75, 3.05) is 13.3 Å². The fraction of sp³-hybridized carbons (Fsp3) is 0.125. The molecule has 0 fully saturated rings. The normalized spacial score (nSPS) is 13.4. The Morgan fingerprint density at radius 1 is 0.966 bits per heavy atom. The van der Waals surface area contributed by atoms with E-state index in [2.05, 4.69) is 34.6 Å². The Morgan fingerprint density at radius 3 is 2.66 bits per heavy atom. The Kier molecular flexibility index (Phi) is 4.41. The van der Waals surface area contributed by atoms with Crippen molar-refractivity contribution in [2.45, 2.75) is 5.92 Å². The topological polar surface area (TPSA) is 63.4 Å². The Hall–Kier alpha value is -3.73. The van der Waals surface area contributed by atoms with E-state index in [9.17, 15) is 4.79 Å². The average Bonchev–Trinajstić information content (AvgIpc) is 3.41. The van der Waals surface area contributed by atoms with E-state index in [1.807, 2.05) is 36.5 Å². The van der Waals surface area contributed by atoms with Crippen LogP contribution >= 0.6 is 0 Å². The molecule has 1 aliphatic rings. The minimum absolute atomic E-state index is 0.0327. The number of carbonyl (C=O) groups is 1. The summed E-state index contributed by atoms with van der Waals surface area (Å²) in [6.45, 7) is 0.677. The number of para-hydroxylation sites is 1. The number of H-pyrrole nitrogens is 1. The number of hydrogen-bond acceptors (Lipinski definition) is 3. The van der Waals surface area contributed by atoms with Crippen LogP contribution in [0.15, 0.2) is 79.0 Å². The second-order valence-corrected chi connectivity index (χ2v) is 7.03. The van der Waals surface area contributed by atoms with Crippen molar-refractivity contribution in [3.63, 3.8) is 0 Å². The van der Waals surface area contributed by atoms with Crippen molar-refractivity contribution in [1.82, 2.24) is 10.3 Å². The molecule has 29 heavy (non-hydrogen) atoms. The highest BCUT2D eigenvalue weighted by Crippen LogP contribution is 2.33. The third-order valence-corrected chi connectivity index (χ3v) is 5.30. The van der Waals surface area contributed by atoms with Gasteiger partial charge in [0.2, 0.25) is 6.79 Å². The molecule has 0 saturated heterocycles. The molecule has 1 atom stereocenters. The second kappa shape index (κ2) is 7.36. The van der Waals surface area contributed by atoms with Gasteiger partial charge in [-0.2, -0.15) is 0 Å². The number of amides is 1. The molecule has 1 amide bonds. The lowest BCUT2D eigenvalue weighted by Gasteiger charge is -2.18. The first-order valence-electron chi connectivity index (χ1n) is 9.58. The van der Waals surface area contributed by atoms with E-state index in [-0.39, 0.29) is 18.6 Å². The number of aromatic amines is 1. The summed E-state index contributed by atoms with van der Waals surface area (Å²) in [5.41, 5.74) is 3.96. The van der Waals surface area contributed by atoms with Crippen LogP contribution in [0.4, 0.5) is 0 Å². The lowest BCUT2D eigenvalue weighted by atomic mass is 9.91. The molecular formula is C24H20N2O3. The summed E-state index contributed by atoms with van der Waals surface area (Å²) < 4.78 is 10.7. The molecule has 0 spiro atoms. The molecule has 1 aromatic heterocycles. The molecule has 2 heterocycles. The Labute approximate surface area is 168 Å². The Morgan fingerprint density at radius 2 is 1.76 bits per heavy atom. The number of aromatic nitrogens is 1. The monoisotopic (exact) mass is 384 g/mol. The smallest absolute Gasteiger partial charge is 0.251 e. The number of ether oxygens (including phenoxy) is 2. The van der Waals surface area contributed by atoms with E-state index in [0.717, 1.165) is 16.6 Å². The fourth-order valence-corrected chi connectivity index (χ4v) is 3.81. The maximum Gasteiger partial charge on any atom is 0.251 e. The van der Waals surface area contributed by atoms with Crippen LogP contribution in [0.25, 0.3) is 10.9 Å². The molecule has 1 unspecified atom stereocenters. The molecule has 0 bridgehead atoms. The van der Waals surface area contributed by atoms with Gasteiger partial charge in [0.15, 0.2) is 11.5 Å². The molecule has 3 aromatic carbocycles. The van der Waals surface area contributed by atoms with Crippen LogP contribution in [0, 0.1) is 0 Å². The van der Waals surface area contributed by atoms with E-state index >= 15 is 0 Å². The zero-order chi connectivity index (χ0) is 19.6. The van der Waals surface area contributed by atoms with Crippen molar-refractivity contribution in [2.24, 2.45) is 0 Å². The van der Waals surface area contributed by atoms with Gasteiger partial charge in [0.05, 0.1) is 0 Å². The van der Waals surface area contributed by atoms with Gasteiger partial charge in [-0.1, -0.05) is 48.5 Å². The minimum Gasteiger partial charge on any atom is -0.454 e. The summed E-state index contributed by atoms with van der Waals surface area (Å²) in [6.07, 6.45) is 2.04. The van der Waals surface area contributed by atoms with Crippen LogP contribution in [-0.2, 0) is 0 Å². The van der Waals surface area contributed by atoms with Crippen LogP contribution in [-0.4, -0.2) is 24.2 Å². The van der Waals surface area contributed by atoms with Gasteiger partial charge < -0.3 is 19.8 Å². The van der Waals surface area contributed by atoms with Crippen LogP contribution in [0.1, 0.15) is 27.4 Å².